The number of hydrogen-bond acceptors (Lipinski definition) is 5. The van der Waals surface area contributed by atoms with Crippen molar-refractivity contribution in [2.75, 3.05) is 23.0 Å². The number of alkyl halides is 3. The summed E-state index contributed by atoms with van der Waals surface area (Å²) in [5.74, 6) is 0.679. The molecule has 0 atom stereocenters. The number of nitrogens with two attached hydrogens (primary N) is 1. The number of nitrogens with one attached hydrogen (secondary N) is 1. The van der Waals surface area contributed by atoms with Crippen molar-refractivity contribution in [3.05, 3.63) is 66.5 Å². The predicted molar refractivity (Wildman–Crippen MR) is 95.7 cm³/mol. The van der Waals surface area contributed by atoms with E-state index in [1.54, 1.807) is 11.9 Å². The fourth-order valence-electron chi connectivity index (χ4n) is 2.44. The Morgan fingerprint density at radius 2 is 1.73 bits per heavy atom. The van der Waals surface area contributed by atoms with E-state index < -0.39 is 11.7 Å². The van der Waals surface area contributed by atoms with Gasteiger partial charge in [-0.15, -0.1) is 0 Å². The Balaban J connectivity index is 1.91. The summed E-state index contributed by atoms with van der Waals surface area (Å²) in [6.45, 7) is 0. The molecule has 0 saturated heterocycles. The number of nitrogens with zero attached hydrogens (tertiary/aromatic N) is 3. The van der Waals surface area contributed by atoms with Crippen LogP contribution in [-0.4, -0.2) is 17.0 Å². The highest BCUT2D eigenvalue weighted by atomic mass is 19.4. The fraction of sp³-hybridized carbons (Fsp3) is 0.111. The molecule has 0 bridgehead atoms. The van der Waals surface area contributed by atoms with Crippen LogP contribution < -0.4 is 16.0 Å². The second kappa shape index (κ2) is 6.91. The zero-order valence-electron chi connectivity index (χ0n) is 13.8. The van der Waals surface area contributed by atoms with E-state index in [0.717, 1.165) is 17.8 Å². The fourth-order valence-corrected chi connectivity index (χ4v) is 2.44. The maximum atomic E-state index is 12.9. The number of hydrogen-bond donors (Lipinski definition) is 2. The Hall–Kier alpha value is -3.29. The molecule has 3 N–H and O–H groups in total. The molecule has 0 unspecified atom stereocenters. The Labute approximate surface area is 148 Å². The van der Waals surface area contributed by atoms with Crippen molar-refractivity contribution in [3.8, 4) is 0 Å². The average molecular weight is 359 g/mol. The van der Waals surface area contributed by atoms with Crippen molar-refractivity contribution in [3.63, 3.8) is 0 Å². The van der Waals surface area contributed by atoms with E-state index in [1.165, 1.54) is 18.5 Å². The second-order valence-corrected chi connectivity index (χ2v) is 5.56. The van der Waals surface area contributed by atoms with Crippen LogP contribution in [0.15, 0.2) is 60.9 Å². The largest absolute Gasteiger partial charge is 0.416 e. The number of nitrogen functional groups attached to an aromatic ring is 1. The Morgan fingerprint density at radius 1 is 1.00 bits per heavy atom. The topological polar surface area (TPSA) is 67.1 Å². The first-order chi connectivity index (χ1) is 12.4. The van der Waals surface area contributed by atoms with Gasteiger partial charge in [0.05, 0.1) is 5.56 Å². The summed E-state index contributed by atoms with van der Waals surface area (Å²) >= 11 is 0. The molecule has 3 rings (SSSR count). The van der Waals surface area contributed by atoms with Gasteiger partial charge < -0.3 is 16.0 Å². The van der Waals surface area contributed by atoms with E-state index in [9.17, 15) is 13.2 Å². The van der Waals surface area contributed by atoms with Gasteiger partial charge in [-0.25, -0.2) is 9.97 Å². The lowest BCUT2D eigenvalue weighted by molar-refractivity contribution is -0.137. The average Bonchev–Trinajstić information content (AvgIpc) is 2.63. The smallest absolute Gasteiger partial charge is 0.393 e. The van der Waals surface area contributed by atoms with E-state index in [4.69, 9.17) is 5.73 Å². The molecule has 0 spiro atoms. The van der Waals surface area contributed by atoms with Gasteiger partial charge in [0.2, 0.25) is 0 Å². The molecule has 0 radical (unpaired) electrons. The van der Waals surface area contributed by atoms with Crippen molar-refractivity contribution < 1.29 is 13.2 Å². The number of benzene rings is 2. The number of rotatable bonds is 4. The molecule has 0 fully saturated rings. The Kier molecular flexibility index (Phi) is 4.66. The molecule has 26 heavy (non-hydrogen) atoms. The molecule has 5 nitrogen and oxygen atoms in total. The van der Waals surface area contributed by atoms with E-state index in [2.05, 4.69) is 15.3 Å². The van der Waals surface area contributed by atoms with Gasteiger partial charge in [0.15, 0.2) is 11.6 Å². The lowest BCUT2D eigenvalue weighted by Gasteiger charge is -2.21. The highest BCUT2D eigenvalue weighted by molar-refractivity contribution is 5.81. The van der Waals surface area contributed by atoms with Crippen molar-refractivity contribution in [1.82, 2.24) is 9.97 Å². The van der Waals surface area contributed by atoms with Gasteiger partial charge in [0, 0.05) is 18.4 Å². The highest BCUT2D eigenvalue weighted by Gasteiger charge is 2.30. The SMILES string of the molecule is CN(c1ccccc1)c1ncnc(Nc2cccc(C(F)(F)F)c2)c1N. The molecule has 0 saturated carbocycles. The third-order valence-electron chi connectivity index (χ3n) is 3.78. The van der Waals surface area contributed by atoms with Crippen LogP contribution in [0, 0.1) is 0 Å². The lowest BCUT2D eigenvalue weighted by Crippen LogP contribution is -2.15. The molecule has 0 aliphatic heterocycles. The molecule has 134 valence electrons. The maximum absolute atomic E-state index is 12.9. The van der Waals surface area contributed by atoms with Crippen LogP contribution in [-0.2, 0) is 6.18 Å². The van der Waals surface area contributed by atoms with Crippen LogP contribution in [0.1, 0.15) is 5.56 Å². The minimum absolute atomic E-state index is 0.233. The molecular weight excluding hydrogens is 343 g/mol. The molecule has 8 heteroatoms. The van der Waals surface area contributed by atoms with Crippen molar-refractivity contribution in [2.45, 2.75) is 6.18 Å². The summed E-state index contributed by atoms with van der Waals surface area (Å²) in [5.41, 5.74) is 6.72. The van der Waals surface area contributed by atoms with Crippen LogP contribution >= 0.6 is 0 Å². The minimum Gasteiger partial charge on any atom is -0.393 e. The molecule has 1 aromatic heterocycles. The standard InChI is InChI=1S/C18H16F3N5/c1-26(14-8-3-2-4-9-14)17-15(22)16(23-11-24-17)25-13-7-5-6-12(10-13)18(19,20)21/h2-11H,22H2,1H3,(H,23,24,25). The highest BCUT2D eigenvalue weighted by Crippen LogP contribution is 2.34. The second-order valence-electron chi connectivity index (χ2n) is 5.56. The van der Waals surface area contributed by atoms with E-state index >= 15 is 0 Å². The summed E-state index contributed by atoms with van der Waals surface area (Å²) < 4.78 is 38.6. The van der Waals surface area contributed by atoms with Crippen LogP contribution in [0.5, 0.6) is 0 Å². The van der Waals surface area contributed by atoms with Gasteiger partial charge in [-0.05, 0) is 30.3 Å². The van der Waals surface area contributed by atoms with E-state index in [0.29, 0.717) is 5.82 Å². The van der Waals surface area contributed by atoms with Gasteiger partial charge in [-0.1, -0.05) is 24.3 Å². The lowest BCUT2D eigenvalue weighted by atomic mass is 10.2. The summed E-state index contributed by atoms with van der Waals surface area (Å²) in [5, 5.41) is 2.83. The first kappa shape index (κ1) is 17.5. The third kappa shape index (κ3) is 3.69. The zero-order valence-corrected chi connectivity index (χ0v) is 13.8. The Morgan fingerprint density at radius 3 is 2.42 bits per heavy atom. The van der Waals surface area contributed by atoms with Crippen LogP contribution in [0.4, 0.5) is 41.9 Å². The normalized spacial score (nSPS) is 11.2. The minimum atomic E-state index is -4.42. The number of halogens is 3. The number of anilines is 5. The molecule has 0 aliphatic rings. The summed E-state index contributed by atoms with van der Waals surface area (Å²) in [6.07, 6.45) is -3.12. The summed E-state index contributed by atoms with van der Waals surface area (Å²) in [7, 11) is 1.79. The van der Waals surface area contributed by atoms with Crippen molar-refractivity contribution in [2.24, 2.45) is 0 Å². The molecule has 3 aromatic rings. The van der Waals surface area contributed by atoms with Crippen LogP contribution in [0.2, 0.25) is 0 Å². The van der Waals surface area contributed by atoms with Crippen molar-refractivity contribution >= 4 is 28.7 Å². The van der Waals surface area contributed by atoms with Gasteiger partial charge in [-0.2, -0.15) is 13.2 Å². The predicted octanol–water partition coefficient (Wildman–Crippen LogP) is 4.59. The molecular formula is C18H16F3N5. The van der Waals surface area contributed by atoms with Gasteiger partial charge in [0.1, 0.15) is 12.0 Å². The zero-order chi connectivity index (χ0) is 18.7. The quantitative estimate of drug-likeness (QED) is 0.713. The number of para-hydroxylation sites is 1. The van der Waals surface area contributed by atoms with Gasteiger partial charge >= 0.3 is 6.18 Å². The van der Waals surface area contributed by atoms with E-state index in [1.807, 2.05) is 30.3 Å². The van der Waals surface area contributed by atoms with Crippen LogP contribution in [0.25, 0.3) is 0 Å². The van der Waals surface area contributed by atoms with Gasteiger partial charge in [-0.3, -0.25) is 0 Å². The van der Waals surface area contributed by atoms with Crippen molar-refractivity contribution in [1.29, 1.82) is 0 Å². The maximum Gasteiger partial charge on any atom is 0.416 e. The third-order valence-corrected chi connectivity index (χ3v) is 3.78. The van der Waals surface area contributed by atoms with E-state index in [-0.39, 0.29) is 17.2 Å². The molecule has 2 aromatic carbocycles. The summed E-state index contributed by atoms with van der Waals surface area (Å²) in [4.78, 5) is 10.0. The molecule has 0 aliphatic carbocycles. The van der Waals surface area contributed by atoms with Gasteiger partial charge in [0.25, 0.3) is 0 Å². The Bertz CT molecular complexity index is 897. The summed E-state index contributed by atoms with van der Waals surface area (Å²) in [6, 6.07) is 14.3. The molecule has 0 amide bonds. The van der Waals surface area contributed by atoms with Crippen LogP contribution in [0.3, 0.4) is 0 Å². The monoisotopic (exact) mass is 359 g/mol. The first-order valence-electron chi connectivity index (χ1n) is 7.70. The first-order valence-corrected chi connectivity index (χ1v) is 7.70. The molecule has 1 heterocycles. The number of aromatic nitrogens is 2.